The molecule has 1 aromatic heterocycles. The summed E-state index contributed by atoms with van der Waals surface area (Å²) in [5.41, 5.74) is 16.5. The summed E-state index contributed by atoms with van der Waals surface area (Å²) in [6.45, 7) is 28.1. The summed E-state index contributed by atoms with van der Waals surface area (Å²) in [5, 5.41) is 2.45. The first-order valence-corrected chi connectivity index (χ1v) is 24.2. The Labute approximate surface area is 401 Å². The summed E-state index contributed by atoms with van der Waals surface area (Å²) in [5.74, 6) is 0. The summed E-state index contributed by atoms with van der Waals surface area (Å²) in [4.78, 5) is 2.43. The molecule has 0 saturated heterocycles. The highest BCUT2D eigenvalue weighted by molar-refractivity contribution is 6.11. The molecule has 0 spiro atoms. The minimum absolute atomic E-state index is 0.0514. The third-order valence-corrected chi connectivity index (χ3v) is 14.8. The molecule has 0 unspecified atom stereocenters. The fourth-order valence-corrected chi connectivity index (χ4v) is 10.2. The van der Waals surface area contributed by atoms with E-state index >= 15 is 0 Å². The van der Waals surface area contributed by atoms with Crippen LogP contribution in [0.5, 0.6) is 0 Å². The lowest BCUT2D eigenvalue weighted by Crippen LogP contribution is -2.30. The second-order valence-corrected chi connectivity index (χ2v) is 22.4. The van der Waals surface area contributed by atoms with Crippen molar-refractivity contribution in [3.8, 4) is 5.69 Å². The molecular weight excluding hydrogens is 809 g/mol. The first-order valence-electron chi connectivity index (χ1n) is 24.2. The van der Waals surface area contributed by atoms with E-state index in [2.05, 4.69) is 287 Å². The summed E-state index contributed by atoms with van der Waals surface area (Å²) < 4.78 is 2.61. The van der Waals surface area contributed by atoms with Crippen molar-refractivity contribution in [1.29, 1.82) is 0 Å². The Balaban J connectivity index is 1.37. The van der Waals surface area contributed by atoms with Crippen molar-refractivity contribution in [3.05, 3.63) is 239 Å². The highest BCUT2D eigenvalue weighted by Crippen LogP contribution is 2.49. The first-order chi connectivity index (χ1) is 31.8. The van der Waals surface area contributed by atoms with Gasteiger partial charge in [0.05, 0.1) is 16.7 Å². The Bertz CT molecular complexity index is 3040. The number of benzene rings is 8. The lowest BCUT2D eigenvalue weighted by Gasteiger charge is -2.38. The van der Waals surface area contributed by atoms with Crippen LogP contribution in [0.1, 0.15) is 128 Å². The number of nitrogens with zero attached hydrogens (tertiary/aromatic N) is 2. The molecule has 0 aliphatic rings. The van der Waals surface area contributed by atoms with Gasteiger partial charge >= 0.3 is 0 Å². The minimum Gasteiger partial charge on any atom is -0.310 e. The van der Waals surface area contributed by atoms with Crippen molar-refractivity contribution in [1.82, 2.24) is 4.57 Å². The summed E-state index contributed by atoms with van der Waals surface area (Å²) in [7, 11) is 0. The number of fused-ring (bicyclic) bond motifs is 3. The number of hydrogen-bond donors (Lipinski definition) is 0. The van der Waals surface area contributed by atoms with Crippen LogP contribution in [0.15, 0.2) is 194 Å². The predicted octanol–water partition coefficient (Wildman–Crippen LogP) is 17.8. The molecule has 2 heteroatoms. The minimum atomic E-state index is -0.381. The number of rotatable bonds is 10. The Kier molecular flexibility index (Phi) is 11.5. The van der Waals surface area contributed by atoms with Gasteiger partial charge in [0, 0.05) is 44.1 Å². The van der Waals surface area contributed by atoms with Crippen LogP contribution in [0.25, 0.3) is 27.5 Å². The molecule has 0 N–H and O–H groups in total. The van der Waals surface area contributed by atoms with Gasteiger partial charge in [-0.05, 0) is 104 Å². The van der Waals surface area contributed by atoms with Gasteiger partial charge in [-0.3, -0.25) is 0 Å². The summed E-state index contributed by atoms with van der Waals surface area (Å²) >= 11 is 0. The van der Waals surface area contributed by atoms with E-state index in [4.69, 9.17) is 0 Å². The van der Waals surface area contributed by atoms with Crippen molar-refractivity contribution < 1.29 is 0 Å². The molecule has 0 amide bonds. The van der Waals surface area contributed by atoms with Crippen molar-refractivity contribution in [3.63, 3.8) is 0 Å². The average Bonchev–Trinajstić information content (AvgIpc) is 3.65. The van der Waals surface area contributed by atoms with E-state index in [0.29, 0.717) is 0 Å². The Morgan fingerprint density at radius 3 is 1.10 bits per heavy atom. The van der Waals surface area contributed by atoms with Crippen molar-refractivity contribution >= 4 is 38.9 Å². The van der Waals surface area contributed by atoms with Crippen LogP contribution in [0.4, 0.5) is 17.1 Å². The summed E-state index contributed by atoms with van der Waals surface area (Å²) in [6.07, 6.45) is 0. The maximum absolute atomic E-state index is 2.61. The van der Waals surface area contributed by atoms with Crippen molar-refractivity contribution in [2.75, 3.05) is 4.90 Å². The van der Waals surface area contributed by atoms with E-state index < -0.39 is 0 Å². The number of hydrogen-bond acceptors (Lipinski definition) is 1. The van der Waals surface area contributed by atoms with E-state index in [9.17, 15) is 0 Å². The number of anilines is 3. The number of para-hydroxylation sites is 1. The van der Waals surface area contributed by atoms with Crippen LogP contribution >= 0.6 is 0 Å². The average molecular weight is 877 g/mol. The molecule has 9 rings (SSSR count). The molecule has 338 valence electrons. The third-order valence-electron chi connectivity index (χ3n) is 14.8. The molecule has 0 saturated carbocycles. The summed E-state index contributed by atoms with van der Waals surface area (Å²) in [6, 6.07) is 72.9. The Hall–Kier alpha value is -6.64. The van der Waals surface area contributed by atoms with Crippen LogP contribution in [-0.4, -0.2) is 4.57 Å². The van der Waals surface area contributed by atoms with Gasteiger partial charge in [0.15, 0.2) is 0 Å². The molecular formula is C65H68N2. The highest BCUT2D eigenvalue weighted by Gasteiger charge is 2.38. The zero-order valence-corrected chi connectivity index (χ0v) is 41.9. The third kappa shape index (κ3) is 8.30. The van der Waals surface area contributed by atoms with Crippen LogP contribution in [0, 0.1) is 0 Å². The molecule has 8 aromatic carbocycles. The van der Waals surface area contributed by atoms with E-state index in [1.54, 1.807) is 0 Å². The van der Waals surface area contributed by atoms with Gasteiger partial charge in [0.25, 0.3) is 0 Å². The molecule has 0 bridgehead atoms. The second-order valence-electron chi connectivity index (χ2n) is 22.4. The number of aromatic nitrogens is 1. The second kappa shape index (κ2) is 16.9. The van der Waals surface area contributed by atoms with Crippen molar-refractivity contribution in [2.45, 2.75) is 110 Å². The molecule has 0 atom stereocenters. The topological polar surface area (TPSA) is 8.17 Å². The molecule has 0 radical (unpaired) electrons. The smallest absolute Gasteiger partial charge is 0.0544 e. The van der Waals surface area contributed by atoms with Gasteiger partial charge < -0.3 is 9.47 Å². The zero-order valence-electron chi connectivity index (χ0n) is 41.9. The van der Waals surface area contributed by atoms with Crippen LogP contribution in [-0.2, 0) is 27.1 Å². The van der Waals surface area contributed by atoms with Gasteiger partial charge in [-0.2, -0.15) is 0 Å². The van der Waals surface area contributed by atoms with Crippen LogP contribution in [0.2, 0.25) is 0 Å². The molecule has 0 aliphatic heterocycles. The Morgan fingerprint density at radius 2 is 0.672 bits per heavy atom. The van der Waals surface area contributed by atoms with Gasteiger partial charge in [0.2, 0.25) is 0 Å². The molecule has 67 heavy (non-hydrogen) atoms. The monoisotopic (exact) mass is 877 g/mol. The van der Waals surface area contributed by atoms with Gasteiger partial charge in [-0.1, -0.05) is 229 Å². The maximum Gasteiger partial charge on any atom is 0.0544 e. The van der Waals surface area contributed by atoms with E-state index in [-0.39, 0.29) is 27.1 Å². The van der Waals surface area contributed by atoms with E-state index in [1.165, 1.54) is 72.0 Å². The SMILES string of the molecule is CC(C)(C)c1ccc(N(c2ccc(C(C)(C)C)cc2)c2ccc3c(c2)c2ccccc2n3-c2c(C(C)(C)c3ccccc3)cc(C(C)(C)c3ccccc3)cc2C(C)(C)c2ccccc2)cc1. The predicted molar refractivity (Wildman–Crippen MR) is 289 cm³/mol. The fraction of sp³-hybridized carbons (Fsp3) is 0.262. The molecule has 2 nitrogen and oxygen atoms in total. The van der Waals surface area contributed by atoms with Gasteiger partial charge in [-0.25, -0.2) is 0 Å². The lowest BCUT2D eigenvalue weighted by atomic mass is 9.68. The molecule has 1 heterocycles. The maximum atomic E-state index is 2.61. The standard InChI is InChI=1S/C65H68N2/c1-61(2,3)45-32-36-51(37-33-45)66(52-38-34-46(35-39-52)62(4,5)6)53-40-41-59-55(44-53)54-30-22-23-31-58(54)67(59)60-56(64(9,10)48-26-18-14-19-27-48)42-50(63(7,8)47-24-16-13-17-25-47)43-57(60)65(11,12)49-28-20-15-21-29-49/h13-44H,1-12H3. The largest absolute Gasteiger partial charge is 0.310 e. The lowest BCUT2D eigenvalue weighted by molar-refractivity contribution is 0.590. The zero-order chi connectivity index (χ0) is 47.5. The fourth-order valence-electron chi connectivity index (χ4n) is 10.2. The highest BCUT2D eigenvalue weighted by atomic mass is 15.1. The van der Waals surface area contributed by atoms with Gasteiger partial charge in [0.1, 0.15) is 0 Å². The first kappa shape index (κ1) is 45.5. The molecule has 0 aliphatic carbocycles. The van der Waals surface area contributed by atoms with Crippen LogP contribution in [0.3, 0.4) is 0 Å². The quantitative estimate of drug-likeness (QED) is 0.133. The molecule has 0 fully saturated rings. The van der Waals surface area contributed by atoms with Gasteiger partial charge in [-0.15, -0.1) is 0 Å². The van der Waals surface area contributed by atoms with Crippen molar-refractivity contribution in [2.24, 2.45) is 0 Å². The molecule has 9 aromatic rings. The Morgan fingerprint density at radius 1 is 0.299 bits per heavy atom. The van der Waals surface area contributed by atoms with E-state index in [1.807, 2.05) is 0 Å². The van der Waals surface area contributed by atoms with Crippen LogP contribution < -0.4 is 4.90 Å². The van der Waals surface area contributed by atoms with E-state index in [0.717, 1.165) is 17.1 Å². The normalized spacial score (nSPS) is 12.8.